The Morgan fingerprint density at radius 1 is 1.29 bits per heavy atom. The van der Waals surface area contributed by atoms with Gasteiger partial charge in [0.15, 0.2) is 0 Å². The molecule has 2 rings (SSSR count). The number of nitrogens with two attached hydrogens (primary N) is 1. The van der Waals surface area contributed by atoms with Crippen LogP contribution in [-0.2, 0) is 6.54 Å². The van der Waals surface area contributed by atoms with E-state index < -0.39 is 6.10 Å². The van der Waals surface area contributed by atoms with E-state index in [0.717, 1.165) is 12.3 Å². The molecule has 1 aromatic carbocycles. The van der Waals surface area contributed by atoms with E-state index in [1.54, 1.807) is 18.4 Å². The van der Waals surface area contributed by atoms with E-state index in [1.165, 1.54) is 0 Å². The van der Waals surface area contributed by atoms with Gasteiger partial charge in [0.1, 0.15) is 24.2 Å². The number of rotatable bonds is 8. The van der Waals surface area contributed by atoms with E-state index in [1.807, 2.05) is 31.2 Å². The average Bonchev–Trinajstić information content (AvgIpc) is 2.98. The van der Waals surface area contributed by atoms with Crippen molar-refractivity contribution in [2.75, 3.05) is 25.4 Å². The summed E-state index contributed by atoms with van der Waals surface area (Å²) in [6.45, 7) is 4.28. The Morgan fingerprint density at radius 3 is 2.76 bits per heavy atom. The first-order chi connectivity index (χ1) is 10.2. The van der Waals surface area contributed by atoms with Crippen LogP contribution in [0, 0.1) is 0 Å². The maximum Gasteiger partial charge on any atom is 0.142 e. The number of nitrogens with zero attached hydrogens (tertiary/aromatic N) is 1. The maximum atomic E-state index is 10.1. The minimum absolute atomic E-state index is 0.211. The number of aliphatic hydroxyl groups is 1. The Hall–Kier alpha value is -1.98. The van der Waals surface area contributed by atoms with Crippen molar-refractivity contribution in [2.24, 2.45) is 0 Å². The van der Waals surface area contributed by atoms with Gasteiger partial charge in [-0.3, -0.25) is 4.90 Å². The fourth-order valence-corrected chi connectivity index (χ4v) is 2.08. The van der Waals surface area contributed by atoms with Gasteiger partial charge in [-0.2, -0.15) is 0 Å². The number of aliphatic hydroxyl groups excluding tert-OH is 1. The van der Waals surface area contributed by atoms with Crippen LogP contribution in [0.1, 0.15) is 12.7 Å². The summed E-state index contributed by atoms with van der Waals surface area (Å²) >= 11 is 0. The number of benzene rings is 1. The molecule has 1 aromatic heterocycles. The summed E-state index contributed by atoms with van der Waals surface area (Å²) < 4.78 is 10.9. The molecule has 1 heterocycles. The second-order valence-electron chi connectivity index (χ2n) is 4.91. The highest BCUT2D eigenvalue weighted by Gasteiger charge is 2.13. The Labute approximate surface area is 124 Å². The number of furan rings is 1. The molecule has 1 atom stereocenters. The summed E-state index contributed by atoms with van der Waals surface area (Å²) in [6, 6.07) is 11.1. The lowest BCUT2D eigenvalue weighted by Gasteiger charge is -2.22. The number of ether oxygens (including phenoxy) is 1. The number of anilines is 1. The van der Waals surface area contributed by atoms with Crippen LogP contribution in [0.25, 0.3) is 0 Å². The summed E-state index contributed by atoms with van der Waals surface area (Å²) in [6.07, 6.45) is 1.07. The van der Waals surface area contributed by atoms with Crippen molar-refractivity contribution >= 4 is 5.69 Å². The molecule has 21 heavy (non-hydrogen) atoms. The molecule has 0 bridgehead atoms. The van der Waals surface area contributed by atoms with E-state index in [2.05, 4.69) is 4.90 Å². The predicted molar refractivity (Wildman–Crippen MR) is 82.0 cm³/mol. The molecular weight excluding hydrogens is 268 g/mol. The standard InChI is InChI=1S/C16H22N2O3/c1-2-18(11-14-6-5-9-20-14)10-13(19)12-21-16-8-4-3-7-15(16)17/h3-9,13,19H,2,10-12,17H2,1H3. The minimum atomic E-state index is -0.584. The van der Waals surface area contributed by atoms with Gasteiger partial charge in [-0.25, -0.2) is 0 Å². The number of para-hydroxylation sites is 2. The van der Waals surface area contributed by atoms with Gasteiger partial charge in [-0.1, -0.05) is 19.1 Å². The third-order valence-electron chi connectivity index (χ3n) is 3.23. The highest BCUT2D eigenvalue weighted by molar-refractivity contribution is 5.51. The zero-order valence-electron chi connectivity index (χ0n) is 12.2. The van der Waals surface area contributed by atoms with Crippen molar-refractivity contribution < 1.29 is 14.3 Å². The Kier molecular flexibility index (Phi) is 5.66. The largest absolute Gasteiger partial charge is 0.489 e. The van der Waals surface area contributed by atoms with Crippen molar-refractivity contribution in [2.45, 2.75) is 19.6 Å². The molecule has 0 aliphatic carbocycles. The van der Waals surface area contributed by atoms with Crippen LogP contribution in [0.5, 0.6) is 5.75 Å². The quantitative estimate of drug-likeness (QED) is 0.729. The molecule has 5 nitrogen and oxygen atoms in total. The van der Waals surface area contributed by atoms with Gasteiger partial charge in [-0.15, -0.1) is 0 Å². The predicted octanol–water partition coefficient (Wildman–Crippen LogP) is 2.12. The zero-order valence-corrected chi connectivity index (χ0v) is 12.2. The Bertz CT molecular complexity index is 528. The van der Waals surface area contributed by atoms with E-state index in [-0.39, 0.29) is 6.61 Å². The van der Waals surface area contributed by atoms with E-state index in [9.17, 15) is 5.11 Å². The van der Waals surface area contributed by atoms with Crippen LogP contribution in [0.2, 0.25) is 0 Å². The molecule has 0 spiro atoms. The van der Waals surface area contributed by atoms with Gasteiger partial charge in [0.2, 0.25) is 0 Å². The zero-order chi connectivity index (χ0) is 15.1. The summed E-state index contributed by atoms with van der Waals surface area (Å²) in [7, 11) is 0. The summed E-state index contributed by atoms with van der Waals surface area (Å²) in [5.41, 5.74) is 6.37. The van der Waals surface area contributed by atoms with Crippen LogP contribution >= 0.6 is 0 Å². The molecular formula is C16H22N2O3. The van der Waals surface area contributed by atoms with Crippen LogP contribution < -0.4 is 10.5 Å². The van der Waals surface area contributed by atoms with Crippen LogP contribution in [0.4, 0.5) is 5.69 Å². The molecule has 0 saturated heterocycles. The molecule has 0 aliphatic heterocycles. The van der Waals surface area contributed by atoms with Gasteiger partial charge in [-0.05, 0) is 30.8 Å². The smallest absolute Gasteiger partial charge is 0.142 e. The fraction of sp³-hybridized carbons (Fsp3) is 0.375. The molecule has 0 saturated carbocycles. The first kappa shape index (κ1) is 15.4. The SMILES string of the molecule is CCN(Cc1ccco1)CC(O)COc1ccccc1N. The number of nitrogen functional groups attached to an aromatic ring is 1. The van der Waals surface area contributed by atoms with Crippen molar-refractivity contribution in [3.05, 3.63) is 48.4 Å². The van der Waals surface area contributed by atoms with Crippen LogP contribution in [-0.4, -0.2) is 35.8 Å². The highest BCUT2D eigenvalue weighted by Crippen LogP contribution is 2.19. The summed E-state index contributed by atoms with van der Waals surface area (Å²) in [5.74, 6) is 1.49. The first-order valence-corrected chi connectivity index (χ1v) is 7.09. The van der Waals surface area contributed by atoms with Crippen LogP contribution in [0.3, 0.4) is 0 Å². The monoisotopic (exact) mass is 290 g/mol. The number of likely N-dealkylation sites (N-methyl/N-ethyl adjacent to an activating group) is 1. The number of hydrogen-bond donors (Lipinski definition) is 2. The second-order valence-corrected chi connectivity index (χ2v) is 4.91. The summed E-state index contributed by atoms with van der Waals surface area (Å²) in [5, 5.41) is 10.1. The summed E-state index contributed by atoms with van der Waals surface area (Å²) in [4.78, 5) is 2.10. The van der Waals surface area contributed by atoms with Crippen molar-refractivity contribution in [1.29, 1.82) is 0 Å². The van der Waals surface area contributed by atoms with Crippen molar-refractivity contribution in [1.82, 2.24) is 4.90 Å². The lowest BCUT2D eigenvalue weighted by atomic mass is 10.3. The second kappa shape index (κ2) is 7.71. The van der Waals surface area contributed by atoms with E-state index in [4.69, 9.17) is 14.9 Å². The normalized spacial score (nSPS) is 12.5. The van der Waals surface area contributed by atoms with E-state index >= 15 is 0 Å². The third kappa shape index (κ3) is 4.81. The minimum Gasteiger partial charge on any atom is -0.489 e. The molecule has 0 fully saturated rings. The average molecular weight is 290 g/mol. The van der Waals surface area contributed by atoms with Gasteiger partial charge in [0, 0.05) is 6.54 Å². The van der Waals surface area contributed by atoms with Crippen molar-refractivity contribution in [3.63, 3.8) is 0 Å². The topological polar surface area (TPSA) is 71.9 Å². The first-order valence-electron chi connectivity index (χ1n) is 7.09. The third-order valence-corrected chi connectivity index (χ3v) is 3.23. The van der Waals surface area contributed by atoms with Gasteiger partial charge in [0.25, 0.3) is 0 Å². The molecule has 0 amide bonds. The molecule has 114 valence electrons. The molecule has 5 heteroatoms. The lowest BCUT2D eigenvalue weighted by Crippen LogP contribution is -2.35. The van der Waals surface area contributed by atoms with E-state index in [0.29, 0.717) is 24.5 Å². The highest BCUT2D eigenvalue weighted by atomic mass is 16.5. The Morgan fingerprint density at radius 2 is 2.10 bits per heavy atom. The van der Waals surface area contributed by atoms with Gasteiger partial charge < -0.3 is 20.0 Å². The fourth-order valence-electron chi connectivity index (χ4n) is 2.08. The molecule has 3 N–H and O–H groups in total. The lowest BCUT2D eigenvalue weighted by molar-refractivity contribution is 0.0655. The van der Waals surface area contributed by atoms with Gasteiger partial charge >= 0.3 is 0 Å². The Balaban J connectivity index is 1.80. The molecule has 0 aliphatic rings. The maximum absolute atomic E-state index is 10.1. The van der Waals surface area contributed by atoms with Gasteiger partial charge in [0.05, 0.1) is 18.5 Å². The molecule has 0 radical (unpaired) electrons. The van der Waals surface area contributed by atoms with Crippen LogP contribution in [0.15, 0.2) is 47.1 Å². The molecule has 1 unspecified atom stereocenters. The van der Waals surface area contributed by atoms with Crippen molar-refractivity contribution in [3.8, 4) is 5.75 Å². The number of hydrogen-bond acceptors (Lipinski definition) is 5. The molecule has 2 aromatic rings.